The number of hydrogen-bond acceptors (Lipinski definition) is 1. The van der Waals surface area contributed by atoms with Crippen molar-refractivity contribution in [1.82, 2.24) is 0 Å². The molecule has 4 aromatic rings. The van der Waals surface area contributed by atoms with E-state index in [9.17, 15) is 4.79 Å². The molecule has 0 fully saturated rings. The smallest absolute Gasteiger partial charge is 0.150 e. The van der Waals surface area contributed by atoms with Crippen LogP contribution in [0.25, 0.3) is 0 Å². The molecule has 0 saturated carbocycles. The second-order valence-electron chi connectivity index (χ2n) is 9.09. The minimum Gasteiger partial charge on any atom is -0.298 e. The van der Waals surface area contributed by atoms with Crippen LogP contribution in [-0.4, -0.2) is 5.78 Å². The van der Waals surface area contributed by atoms with Crippen molar-refractivity contribution in [3.8, 4) is 0 Å². The van der Waals surface area contributed by atoms with Gasteiger partial charge in [-0.15, -0.1) is 0 Å². The molecule has 4 aromatic carbocycles. The molecule has 0 bridgehead atoms. The molecule has 0 aromatic heterocycles. The van der Waals surface area contributed by atoms with Crippen molar-refractivity contribution in [3.63, 3.8) is 0 Å². The van der Waals surface area contributed by atoms with Gasteiger partial charge in [-0.2, -0.15) is 0 Å². The van der Waals surface area contributed by atoms with Gasteiger partial charge in [-0.3, -0.25) is 4.79 Å². The molecule has 0 spiro atoms. The lowest BCUT2D eigenvalue weighted by Gasteiger charge is -2.30. The van der Waals surface area contributed by atoms with E-state index in [0.29, 0.717) is 10.0 Å². The van der Waals surface area contributed by atoms with Crippen LogP contribution in [0.3, 0.4) is 0 Å². The maximum Gasteiger partial charge on any atom is 0.150 e. The SMILES string of the molecule is Cc1ccc(C(Br)C(C(=O)C(c2ccc(Cl)cc2)C(Br)c2ccc(C)cc2)c2ccc(Cl)cc2)cc1. The normalized spacial score (nSPS) is 14.6. The second-order valence-corrected chi connectivity index (χ2v) is 11.9. The first-order valence-electron chi connectivity index (χ1n) is 11.7. The summed E-state index contributed by atoms with van der Waals surface area (Å²) >= 11 is 20.2. The molecule has 4 atom stereocenters. The molecule has 4 unspecified atom stereocenters. The van der Waals surface area contributed by atoms with Crippen molar-refractivity contribution in [2.45, 2.75) is 35.3 Å². The Balaban J connectivity index is 1.83. The summed E-state index contributed by atoms with van der Waals surface area (Å²) in [5.41, 5.74) is 6.26. The molecule has 5 heteroatoms. The number of carbonyl (C=O) groups is 1. The maximum absolute atomic E-state index is 14.7. The van der Waals surface area contributed by atoms with E-state index in [1.165, 1.54) is 11.1 Å². The maximum atomic E-state index is 14.7. The van der Waals surface area contributed by atoms with Gasteiger partial charge in [-0.1, -0.05) is 139 Å². The number of ketones is 1. The minimum atomic E-state index is -0.448. The molecule has 1 nitrogen and oxygen atoms in total. The van der Waals surface area contributed by atoms with Gasteiger partial charge >= 0.3 is 0 Å². The number of hydrogen-bond donors (Lipinski definition) is 0. The summed E-state index contributed by atoms with van der Waals surface area (Å²) in [5.74, 6) is -0.795. The van der Waals surface area contributed by atoms with E-state index in [1.807, 2.05) is 48.5 Å². The number of Topliss-reactive ketones (excluding diaryl/α,β-unsaturated/α-hetero) is 1. The molecular weight excluding hydrogens is 619 g/mol. The van der Waals surface area contributed by atoms with Crippen molar-refractivity contribution in [2.75, 3.05) is 0 Å². The Bertz CT molecular complexity index is 1200. The van der Waals surface area contributed by atoms with E-state index in [0.717, 1.165) is 22.3 Å². The molecular formula is C31H26Br2Cl2O. The molecule has 0 radical (unpaired) electrons. The quantitative estimate of drug-likeness (QED) is 0.174. The molecule has 0 aliphatic heterocycles. The van der Waals surface area contributed by atoms with E-state index in [-0.39, 0.29) is 15.4 Å². The number of carbonyl (C=O) groups excluding carboxylic acids is 1. The highest BCUT2D eigenvalue weighted by Crippen LogP contribution is 2.47. The Morgan fingerprint density at radius 1 is 0.528 bits per heavy atom. The number of halogens is 4. The summed E-state index contributed by atoms with van der Waals surface area (Å²) < 4.78 is 0. The van der Waals surface area contributed by atoms with Crippen LogP contribution in [0.2, 0.25) is 10.0 Å². The topological polar surface area (TPSA) is 17.1 Å². The third kappa shape index (κ3) is 6.31. The fourth-order valence-corrected chi connectivity index (χ4v) is 6.37. The van der Waals surface area contributed by atoms with Crippen LogP contribution in [0.5, 0.6) is 0 Å². The molecule has 184 valence electrons. The van der Waals surface area contributed by atoms with Crippen LogP contribution in [-0.2, 0) is 4.79 Å². The number of alkyl halides is 2. The standard InChI is InChI=1S/C31H26Br2Cl2O/c1-19-3-7-23(8-4-19)29(32)27(21-11-15-25(34)16-12-21)31(36)28(22-13-17-26(35)18-14-22)30(33)24-9-5-20(2)6-10-24/h3-18,27-30H,1-2H3. The van der Waals surface area contributed by atoms with Crippen LogP contribution in [0.4, 0.5) is 0 Å². The molecule has 4 rings (SSSR count). The lowest BCUT2D eigenvalue weighted by atomic mass is 9.78. The van der Waals surface area contributed by atoms with Crippen molar-refractivity contribution in [2.24, 2.45) is 0 Å². The fraction of sp³-hybridized carbons (Fsp3) is 0.194. The van der Waals surface area contributed by atoms with E-state index in [4.69, 9.17) is 23.2 Å². The Morgan fingerprint density at radius 2 is 0.806 bits per heavy atom. The largest absolute Gasteiger partial charge is 0.298 e. The van der Waals surface area contributed by atoms with Gasteiger partial charge in [-0.25, -0.2) is 0 Å². The second kappa shape index (κ2) is 12.1. The van der Waals surface area contributed by atoms with E-state index >= 15 is 0 Å². The van der Waals surface area contributed by atoms with Crippen LogP contribution in [0.15, 0.2) is 97.1 Å². The first-order valence-corrected chi connectivity index (χ1v) is 14.3. The molecule has 0 aliphatic rings. The van der Waals surface area contributed by atoms with Crippen molar-refractivity contribution in [1.29, 1.82) is 0 Å². The highest BCUT2D eigenvalue weighted by atomic mass is 79.9. The summed E-state index contributed by atoms with van der Waals surface area (Å²) in [6.45, 7) is 4.12. The van der Waals surface area contributed by atoms with Gasteiger partial charge in [0.25, 0.3) is 0 Å². The highest BCUT2D eigenvalue weighted by Gasteiger charge is 2.38. The van der Waals surface area contributed by atoms with E-state index in [2.05, 4.69) is 94.2 Å². The predicted molar refractivity (Wildman–Crippen MR) is 159 cm³/mol. The molecule has 0 N–H and O–H groups in total. The van der Waals surface area contributed by atoms with Crippen LogP contribution < -0.4 is 0 Å². The average molecular weight is 645 g/mol. The van der Waals surface area contributed by atoms with Gasteiger partial charge in [0, 0.05) is 10.0 Å². The van der Waals surface area contributed by atoms with Gasteiger partial charge in [0.05, 0.1) is 21.5 Å². The lowest BCUT2D eigenvalue weighted by molar-refractivity contribution is -0.122. The Morgan fingerprint density at radius 3 is 1.11 bits per heavy atom. The monoisotopic (exact) mass is 642 g/mol. The summed E-state index contributed by atoms with van der Waals surface area (Å²) in [5, 5.41) is 1.28. The summed E-state index contributed by atoms with van der Waals surface area (Å²) in [4.78, 5) is 14.2. The Hall–Kier alpha value is -1.91. The summed E-state index contributed by atoms with van der Waals surface area (Å²) in [6.07, 6.45) is 0. The lowest BCUT2D eigenvalue weighted by Crippen LogP contribution is -2.26. The fourth-order valence-electron chi connectivity index (χ4n) is 4.37. The zero-order valence-electron chi connectivity index (χ0n) is 20.0. The zero-order chi connectivity index (χ0) is 25.8. The third-order valence-corrected chi connectivity index (χ3v) is 9.07. The molecule has 0 amide bonds. The van der Waals surface area contributed by atoms with Crippen LogP contribution in [0.1, 0.15) is 54.9 Å². The average Bonchev–Trinajstić information content (AvgIpc) is 2.87. The van der Waals surface area contributed by atoms with Gasteiger partial charge < -0.3 is 0 Å². The zero-order valence-corrected chi connectivity index (χ0v) is 24.7. The van der Waals surface area contributed by atoms with Gasteiger partial charge in [0.15, 0.2) is 5.78 Å². The molecule has 0 saturated heterocycles. The highest BCUT2D eigenvalue weighted by molar-refractivity contribution is 9.09. The Kier molecular flexibility index (Phi) is 9.11. The van der Waals surface area contributed by atoms with Gasteiger partial charge in [0.2, 0.25) is 0 Å². The van der Waals surface area contributed by atoms with Crippen molar-refractivity contribution >= 4 is 60.8 Å². The van der Waals surface area contributed by atoms with Crippen LogP contribution in [0, 0.1) is 13.8 Å². The summed E-state index contributed by atoms with van der Waals surface area (Å²) in [7, 11) is 0. The number of aryl methyl sites for hydroxylation is 2. The van der Waals surface area contributed by atoms with Crippen LogP contribution >= 0.6 is 55.1 Å². The Labute approximate surface area is 240 Å². The number of benzene rings is 4. The van der Waals surface area contributed by atoms with Crippen molar-refractivity contribution in [3.05, 3.63) is 140 Å². The van der Waals surface area contributed by atoms with Gasteiger partial charge in [0.1, 0.15) is 0 Å². The summed E-state index contributed by atoms with van der Waals surface area (Å²) in [6, 6.07) is 31.8. The minimum absolute atomic E-state index is 0.101. The number of rotatable bonds is 8. The van der Waals surface area contributed by atoms with Crippen molar-refractivity contribution < 1.29 is 4.79 Å². The third-order valence-electron chi connectivity index (χ3n) is 6.45. The molecule has 36 heavy (non-hydrogen) atoms. The first-order chi connectivity index (χ1) is 17.2. The first kappa shape index (κ1) is 27.1. The van der Waals surface area contributed by atoms with Gasteiger partial charge in [-0.05, 0) is 60.4 Å². The van der Waals surface area contributed by atoms with E-state index < -0.39 is 11.8 Å². The molecule has 0 aliphatic carbocycles. The van der Waals surface area contributed by atoms with E-state index in [1.54, 1.807) is 0 Å². The molecule has 0 heterocycles. The predicted octanol–water partition coefficient (Wildman–Crippen LogP) is 10.3.